The maximum absolute atomic E-state index is 11.3. The van der Waals surface area contributed by atoms with Crippen molar-refractivity contribution in [1.82, 2.24) is 10.3 Å². The minimum atomic E-state index is -0.339. The summed E-state index contributed by atoms with van der Waals surface area (Å²) in [5.74, 6) is 0. The number of nitro benzene ring substituents is 1. The molecule has 2 aromatic rings. The number of nitrogens with zero attached hydrogens (tertiary/aromatic N) is 2. The molecule has 0 bridgehead atoms. The van der Waals surface area contributed by atoms with Crippen LogP contribution < -0.4 is 10.6 Å². The summed E-state index contributed by atoms with van der Waals surface area (Å²) in [4.78, 5) is 15.1. The second-order valence-electron chi connectivity index (χ2n) is 4.62. The summed E-state index contributed by atoms with van der Waals surface area (Å²) in [6, 6.07) is 7.25. The molecule has 1 fully saturated rings. The first kappa shape index (κ1) is 11.9. The van der Waals surface area contributed by atoms with Gasteiger partial charge in [0.15, 0.2) is 0 Å². The lowest BCUT2D eigenvalue weighted by atomic mass is 10.1. The highest BCUT2D eigenvalue weighted by atomic mass is 16.6. The number of rotatable bonds is 3. The second-order valence-corrected chi connectivity index (χ2v) is 4.62. The van der Waals surface area contributed by atoms with Gasteiger partial charge in [0.05, 0.1) is 15.8 Å². The van der Waals surface area contributed by atoms with Crippen molar-refractivity contribution in [1.29, 1.82) is 0 Å². The van der Waals surface area contributed by atoms with Gasteiger partial charge in [-0.3, -0.25) is 15.1 Å². The molecular weight excluding hydrogens is 244 g/mol. The van der Waals surface area contributed by atoms with Gasteiger partial charge >= 0.3 is 5.69 Å². The van der Waals surface area contributed by atoms with Crippen molar-refractivity contribution in [2.24, 2.45) is 0 Å². The van der Waals surface area contributed by atoms with Crippen molar-refractivity contribution in [2.75, 3.05) is 18.4 Å². The van der Waals surface area contributed by atoms with Crippen LogP contribution in [0.1, 0.15) is 6.42 Å². The summed E-state index contributed by atoms with van der Waals surface area (Å²) in [5.41, 5.74) is 1.32. The number of fused-ring (bicyclic) bond motifs is 1. The van der Waals surface area contributed by atoms with Gasteiger partial charge in [-0.15, -0.1) is 0 Å². The van der Waals surface area contributed by atoms with Crippen LogP contribution in [0.15, 0.2) is 30.5 Å². The summed E-state index contributed by atoms with van der Waals surface area (Å²) in [6.07, 6.45) is 2.61. The fourth-order valence-electron chi connectivity index (χ4n) is 2.45. The third-order valence-electron chi connectivity index (χ3n) is 3.36. The van der Waals surface area contributed by atoms with E-state index in [4.69, 9.17) is 0 Å². The average molecular weight is 258 g/mol. The summed E-state index contributed by atoms with van der Waals surface area (Å²) < 4.78 is 0. The van der Waals surface area contributed by atoms with Gasteiger partial charge in [0.25, 0.3) is 0 Å². The molecule has 0 spiro atoms. The lowest BCUT2D eigenvalue weighted by molar-refractivity contribution is -0.382. The molecule has 0 radical (unpaired) electrons. The monoisotopic (exact) mass is 258 g/mol. The number of hydrogen-bond donors (Lipinski definition) is 2. The Labute approximate surface area is 110 Å². The zero-order valence-electron chi connectivity index (χ0n) is 10.3. The van der Waals surface area contributed by atoms with Crippen LogP contribution in [0, 0.1) is 10.1 Å². The number of nitro groups is 1. The molecule has 0 amide bonds. The predicted octanol–water partition coefficient (Wildman–Crippen LogP) is 1.92. The Morgan fingerprint density at radius 2 is 2.32 bits per heavy atom. The first-order valence-corrected chi connectivity index (χ1v) is 6.25. The van der Waals surface area contributed by atoms with Gasteiger partial charge in [-0.1, -0.05) is 0 Å². The Morgan fingerprint density at radius 3 is 3.05 bits per heavy atom. The number of aromatic nitrogens is 1. The SMILES string of the molecule is O=[N+]([O-])c1c(NC2CCNC2)ccc2ncccc12. The summed E-state index contributed by atoms with van der Waals surface area (Å²) in [6.45, 7) is 1.78. The zero-order chi connectivity index (χ0) is 13.2. The smallest absolute Gasteiger partial charge is 0.301 e. The van der Waals surface area contributed by atoms with Crippen LogP contribution in [0.25, 0.3) is 10.9 Å². The van der Waals surface area contributed by atoms with E-state index in [1.165, 1.54) is 0 Å². The van der Waals surface area contributed by atoms with Gasteiger partial charge < -0.3 is 10.6 Å². The molecule has 6 nitrogen and oxygen atoms in total. The number of benzene rings is 1. The topological polar surface area (TPSA) is 80.1 Å². The molecule has 2 heterocycles. The minimum absolute atomic E-state index is 0.109. The normalized spacial score (nSPS) is 18.6. The van der Waals surface area contributed by atoms with Crippen LogP contribution in [0.3, 0.4) is 0 Å². The van der Waals surface area contributed by atoms with Crippen LogP contribution in [0.4, 0.5) is 11.4 Å². The van der Waals surface area contributed by atoms with Crippen molar-refractivity contribution in [2.45, 2.75) is 12.5 Å². The van der Waals surface area contributed by atoms with Crippen molar-refractivity contribution in [3.05, 3.63) is 40.6 Å². The third kappa shape index (κ3) is 2.22. The van der Waals surface area contributed by atoms with E-state index in [0.29, 0.717) is 16.6 Å². The molecule has 0 aliphatic carbocycles. The fourth-order valence-corrected chi connectivity index (χ4v) is 2.45. The van der Waals surface area contributed by atoms with Crippen LogP contribution in [-0.4, -0.2) is 29.0 Å². The van der Waals surface area contributed by atoms with Crippen LogP contribution in [0.5, 0.6) is 0 Å². The van der Waals surface area contributed by atoms with Crippen molar-refractivity contribution in [3.8, 4) is 0 Å². The Balaban J connectivity index is 2.07. The second kappa shape index (κ2) is 4.81. The van der Waals surface area contributed by atoms with Gasteiger partial charge in [0.2, 0.25) is 0 Å². The first-order chi connectivity index (χ1) is 9.25. The summed E-state index contributed by atoms with van der Waals surface area (Å²) >= 11 is 0. The molecule has 1 aliphatic rings. The van der Waals surface area contributed by atoms with E-state index in [2.05, 4.69) is 15.6 Å². The molecule has 98 valence electrons. The van der Waals surface area contributed by atoms with Crippen molar-refractivity contribution >= 4 is 22.3 Å². The average Bonchev–Trinajstić information content (AvgIpc) is 2.91. The number of hydrogen-bond acceptors (Lipinski definition) is 5. The van der Waals surface area contributed by atoms with Gasteiger partial charge in [-0.2, -0.15) is 0 Å². The highest BCUT2D eigenvalue weighted by molar-refractivity contribution is 5.94. The Kier molecular flexibility index (Phi) is 3.00. The summed E-state index contributed by atoms with van der Waals surface area (Å²) in [5, 5.41) is 18.4. The molecule has 1 aromatic carbocycles. The quantitative estimate of drug-likeness (QED) is 0.649. The zero-order valence-corrected chi connectivity index (χ0v) is 10.3. The molecule has 19 heavy (non-hydrogen) atoms. The fraction of sp³-hybridized carbons (Fsp3) is 0.308. The van der Waals surface area contributed by atoms with E-state index in [1.807, 2.05) is 6.07 Å². The highest BCUT2D eigenvalue weighted by Crippen LogP contribution is 2.33. The highest BCUT2D eigenvalue weighted by Gasteiger charge is 2.22. The molecule has 1 unspecified atom stereocenters. The van der Waals surface area contributed by atoms with E-state index in [0.717, 1.165) is 19.5 Å². The molecule has 1 aliphatic heterocycles. The van der Waals surface area contributed by atoms with E-state index < -0.39 is 0 Å². The van der Waals surface area contributed by atoms with Crippen molar-refractivity contribution in [3.63, 3.8) is 0 Å². The van der Waals surface area contributed by atoms with E-state index in [-0.39, 0.29) is 16.7 Å². The van der Waals surface area contributed by atoms with E-state index in [9.17, 15) is 10.1 Å². The first-order valence-electron chi connectivity index (χ1n) is 6.25. The molecule has 3 rings (SSSR count). The lowest BCUT2D eigenvalue weighted by Crippen LogP contribution is -2.22. The van der Waals surface area contributed by atoms with Gasteiger partial charge in [0, 0.05) is 18.8 Å². The van der Waals surface area contributed by atoms with Gasteiger partial charge in [0.1, 0.15) is 5.69 Å². The Hall–Kier alpha value is -2.21. The van der Waals surface area contributed by atoms with Crippen LogP contribution in [-0.2, 0) is 0 Å². The van der Waals surface area contributed by atoms with Crippen LogP contribution >= 0.6 is 0 Å². The summed E-state index contributed by atoms with van der Waals surface area (Å²) in [7, 11) is 0. The third-order valence-corrected chi connectivity index (χ3v) is 3.36. The molecule has 1 atom stereocenters. The standard InChI is InChI=1S/C13H14N4O2/c18-17(19)13-10-2-1-6-15-11(10)3-4-12(13)16-9-5-7-14-8-9/h1-4,6,9,14,16H,5,7-8H2. The predicted molar refractivity (Wildman–Crippen MR) is 73.3 cm³/mol. The largest absolute Gasteiger partial charge is 0.375 e. The molecule has 1 aromatic heterocycles. The van der Waals surface area contributed by atoms with Gasteiger partial charge in [-0.25, -0.2) is 0 Å². The maximum Gasteiger partial charge on any atom is 0.301 e. The Morgan fingerprint density at radius 1 is 1.42 bits per heavy atom. The molecule has 1 saturated heterocycles. The molecular formula is C13H14N4O2. The van der Waals surface area contributed by atoms with E-state index >= 15 is 0 Å². The lowest BCUT2D eigenvalue weighted by Gasteiger charge is -2.13. The molecule has 6 heteroatoms. The number of anilines is 1. The van der Waals surface area contributed by atoms with Crippen LogP contribution in [0.2, 0.25) is 0 Å². The molecule has 2 N–H and O–H groups in total. The number of nitrogens with one attached hydrogen (secondary N) is 2. The molecule has 0 saturated carbocycles. The van der Waals surface area contributed by atoms with Crippen molar-refractivity contribution < 1.29 is 4.92 Å². The maximum atomic E-state index is 11.3. The minimum Gasteiger partial charge on any atom is -0.375 e. The van der Waals surface area contributed by atoms with Gasteiger partial charge in [-0.05, 0) is 37.2 Å². The Bertz CT molecular complexity index is 623. The van der Waals surface area contributed by atoms with E-state index in [1.54, 1.807) is 24.4 Å². The number of pyridine rings is 1.